The molecule has 2 heterocycles. The predicted octanol–water partition coefficient (Wildman–Crippen LogP) is 3.75. The fourth-order valence-corrected chi connectivity index (χ4v) is 3.93. The van der Waals surface area contributed by atoms with E-state index in [1.807, 2.05) is 24.3 Å². The molecule has 144 valence electrons. The maximum atomic E-state index is 12.1. The normalized spacial score (nSPS) is 13.0. The van der Waals surface area contributed by atoms with Gasteiger partial charge in [-0.05, 0) is 12.1 Å². The Kier molecular flexibility index (Phi) is 5.18. The van der Waals surface area contributed by atoms with E-state index in [0.29, 0.717) is 23.3 Å². The molecule has 4 rings (SSSR count). The van der Waals surface area contributed by atoms with E-state index in [-0.39, 0.29) is 32.1 Å². The van der Waals surface area contributed by atoms with E-state index in [9.17, 15) is 14.9 Å². The first kappa shape index (κ1) is 18.3. The molecule has 1 aliphatic heterocycles. The molecule has 0 radical (unpaired) electrons. The third-order valence-corrected chi connectivity index (χ3v) is 5.35. The highest BCUT2D eigenvalue weighted by molar-refractivity contribution is 7.18. The molecule has 0 saturated carbocycles. The van der Waals surface area contributed by atoms with Crippen molar-refractivity contribution in [1.29, 1.82) is 0 Å². The molecular formula is C19H16N2O6S. The minimum absolute atomic E-state index is 0.0589. The molecule has 8 nitrogen and oxygen atoms in total. The molecule has 3 aromatic rings. The zero-order valence-electron chi connectivity index (χ0n) is 14.8. The van der Waals surface area contributed by atoms with Crippen molar-refractivity contribution in [2.45, 2.75) is 26.1 Å². The maximum absolute atomic E-state index is 12.1. The van der Waals surface area contributed by atoms with Gasteiger partial charge < -0.3 is 14.2 Å². The summed E-state index contributed by atoms with van der Waals surface area (Å²) in [4.78, 5) is 27.3. The van der Waals surface area contributed by atoms with Gasteiger partial charge in [0.2, 0.25) is 0 Å². The van der Waals surface area contributed by atoms with Crippen LogP contribution in [0.2, 0.25) is 0 Å². The Hall–Kier alpha value is -3.04. The standard InChI is InChI=1S/C19H16N2O6S/c22-18(6-5-17-20-15-3-1-2-4-16(15)28-17)26-10-13-8-14(21(23)24)7-12-9-25-11-27-19(12)13/h1-4,7-8H,5-6,9-11H2. The predicted molar refractivity (Wildman–Crippen MR) is 101 cm³/mol. The number of hydrogen-bond donors (Lipinski definition) is 0. The molecule has 0 unspecified atom stereocenters. The van der Waals surface area contributed by atoms with Gasteiger partial charge in [-0.3, -0.25) is 14.9 Å². The summed E-state index contributed by atoms with van der Waals surface area (Å²) < 4.78 is 17.0. The van der Waals surface area contributed by atoms with Crippen molar-refractivity contribution in [3.8, 4) is 5.75 Å². The largest absolute Gasteiger partial charge is 0.467 e. The quantitative estimate of drug-likeness (QED) is 0.353. The average molecular weight is 400 g/mol. The van der Waals surface area contributed by atoms with E-state index in [4.69, 9.17) is 14.2 Å². The number of esters is 1. The number of carbonyl (C=O) groups is 1. The van der Waals surface area contributed by atoms with Gasteiger partial charge in [-0.1, -0.05) is 12.1 Å². The highest BCUT2D eigenvalue weighted by Gasteiger charge is 2.21. The number of carbonyl (C=O) groups excluding carboxylic acids is 1. The van der Waals surface area contributed by atoms with E-state index in [1.165, 1.54) is 12.1 Å². The van der Waals surface area contributed by atoms with Crippen LogP contribution in [0.4, 0.5) is 5.69 Å². The number of para-hydroxylation sites is 1. The zero-order valence-corrected chi connectivity index (χ0v) is 15.6. The molecule has 1 aromatic heterocycles. The first-order valence-electron chi connectivity index (χ1n) is 8.61. The lowest BCUT2D eigenvalue weighted by Crippen LogP contribution is -2.15. The van der Waals surface area contributed by atoms with Crippen molar-refractivity contribution < 1.29 is 23.9 Å². The molecular weight excluding hydrogens is 384 g/mol. The van der Waals surface area contributed by atoms with E-state index in [0.717, 1.165) is 15.2 Å². The van der Waals surface area contributed by atoms with Gasteiger partial charge in [-0.2, -0.15) is 0 Å². The van der Waals surface area contributed by atoms with Gasteiger partial charge in [0.05, 0.1) is 33.2 Å². The summed E-state index contributed by atoms with van der Waals surface area (Å²) >= 11 is 1.55. The number of nitro benzene ring substituents is 1. The Morgan fingerprint density at radius 1 is 1.32 bits per heavy atom. The van der Waals surface area contributed by atoms with Gasteiger partial charge in [0.25, 0.3) is 5.69 Å². The van der Waals surface area contributed by atoms with E-state index in [1.54, 1.807) is 11.3 Å². The minimum atomic E-state index is -0.493. The number of fused-ring (bicyclic) bond motifs is 2. The van der Waals surface area contributed by atoms with Crippen LogP contribution in [0.3, 0.4) is 0 Å². The Morgan fingerprint density at radius 2 is 2.18 bits per heavy atom. The summed E-state index contributed by atoms with van der Waals surface area (Å²) in [5.74, 6) is 0.0856. The number of nitrogens with zero attached hydrogens (tertiary/aromatic N) is 2. The number of aromatic nitrogens is 1. The summed E-state index contributed by atoms with van der Waals surface area (Å²) in [6.07, 6.45) is 0.663. The smallest absolute Gasteiger partial charge is 0.306 e. The highest BCUT2D eigenvalue weighted by Crippen LogP contribution is 2.33. The minimum Gasteiger partial charge on any atom is -0.467 e. The summed E-state index contributed by atoms with van der Waals surface area (Å²) in [6.45, 7) is 0.182. The zero-order chi connectivity index (χ0) is 19.5. The molecule has 0 N–H and O–H groups in total. The van der Waals surface area contributed by atoms with Gasteiger partial charge in [-0.25, -0.2) is 4.98 Å². The Labute approximate surface area is 163 Å². The van der Waals surface area contributed by atoms with Crippen LogP contribution in [0, 0.1) is 10.1 Å². The van der Waals surface area contributed by atoms with Crippen LogP contribution in [-0.2, 0) is 33.9 Å². The lowest BCUT2D eigenvalue weighted by atomic mass is 10.1. The molecule has 0 amide bonds. The molecule has 0 spiro atoms. The first-order valence-corrected chi connectivity index (χ1v) is 9.42. The Bertz CT molecular complexity index is 1020. The van der Waals surface area contributed by atoms with Gasteiger partial charge in [-0.15, -0.1) is 11.3 Å². The highest BCUT2D eigenvalue weighted by atomic mass is 32.1. The van der Waals surface area contributed by atoms with Crippen molar-refractivity contribution in [2.24, 2.45) is 0 Å². The van der Waals surface area contributed by atoms with E-state index < -0.39 is 10.9 Å². The van der Waals surface area contributed by atoms with Crippen LogP contribution >= 0.6 is 11.3 Å². The van der Waals surface area contributed by atoms with Gasteiger partial charge in [0.15, 0.2) is 6.79 Å². The average Bonchev–Trinajstić information content (AvgIpc) is 3.13. The van der Waals surface area contributed by atoms with Crippen LogP contribution in [0.25, 0.3) is 10.2 Å². The number of aryl methyl sites for hydroxylation is 1. The number of nitro groups is 1. The summed E-state index contributed by atoms with van der Waals surface area (Å²) in [6, 6.07) is 10.6. The fraction of sp³-hybridized carbons (Fsp3) is 0.263. The topological polar surface area (TPSA) is 101 Å². The number of non-ortho nitro benzene ring substituents is 1. The number of thiazole rings is 1. The second-order valence-electron chi connectivity index (χ2n) is 6.20. The molecule has 9 heteroatoms. The molecule has 28 heavy (non-hydrogen) atoms. The molecule has 0 saturated heterocycles. The van der Waals surface area contributed by atoms with Crippen molar-refractivity contribution >= 4 is 33.2 Å². The number of hydrogen-bond acceptors (Lipinski definition) is 8. The third kappa shape index (κ3) is 3.95. The number of benzene rings is 2. The van der Waals surface area contributed by atoms with E-state index in [2.05, 4.69) is 4.98 Å². The fourth-order valence-electron chi connectivity index (χ4n) is 2.96. The third-order valence-electron chi connectivity index (χ3n) is 4.25. The first-order chi connectivity index (χ1) is 13.6. The lowest BCUT2D eigenvalue weighted by molar-refractivity contribution is -0.385. The Morgan fingerprint density at radius 3 is 3.00 bits per heavy atom. The van der Waals surface area contributed by atoms with Crippen LogP contribution in [-0.4, -0.2) is 22.7 Å². The summed E-state index contributed by atoms with van der Waals surface area (Å²) in [5.41, 5.74) is 1.86. The van der Waals surface area contributed by atoms with Crippen LogP contribution in [0.1, 0.15) is 22.6 Å². The molecule has 2 aromatic carbocycles. The molecule has 0 fully saturated rings. The SMILES string of the molecule is O=C(CCc1nc2ccccc2s1)OCc1cc([N+](=O)[O-])cc2c1OCOC2. The number of ether oxygens (including phenoxy) is 3. The second-order valence-corrected chi connectivity index (χ2v) is 7.31. The van der Waals surface area contributed by atoms with Gasteiger partial charge in [0, 0.05) is 29.7 Å². The maximum Gasteiger partial charge on any atom is 0.306 e. The van der Waals surface area contributed by atoms with Crippen molar-refractivity contribution in [1.82, 2.24) is 4.98 Å². The van der Waals surface area contributed by atoms with Crippen LogP contribution in [0.5, 0.6) is 5.75 Å². The second kappa shape index (κ2) is 7.91. The molecule has 0 bridgehead atoms. The van der Waals surface area contributed by atoms with E-state index >= 15 is 0 Å². The summed E-state index contributed by atoms with van der Waals surface area (Å²) in [7, 11) is 0. The van der Waals surface area contributed by atoms with Gasteiger partial charge in [0.1, 0.15) is 12.4 Å². The lowest BCUT2D eigenvalue weighted by Gasteiger charge is -2.20. The van der Waals surface area contributed by atoms with Crippen molar-refractivity contribution in [3.05, 3.63) is 62.6 Å². The summed E-state index contributed by atoms with van der Waals surface area (Å²) in [5, 5.41) is 12.0. The Balaban J connectivity index is 1.40. The van der Waals surface area contributed by atoms with Gasteiger partial charge >= 0.3 is 5.97 Å². The van der Waals surface area contributed by atoms with Crippen molar-refractivity contribution in [2.75, 3.05) is 6.79 Å². The van der Waals surface area contributed by atoms with Crippen LogP contribution < -0.4 is 4.74 Å². The van der Waals surface area contributed by atoms with Crippen LogP contribution in [0.15, 0.2) is 36.4 Å². The van der Waals surface area contributed by atoms with Crippen molar-refractivity contribution in [3.63, 3.8) is 0 Å². The molecule has 0 atom stereocenters. The molecule has 0 aliphatic carbocycles. The molecule has 1 aliphatic rings. The number of rotatable bonds is 6. The monoisotopic (exact) mass is 400 g/mol.